The Labute approximate surface area is 120 Å². The molecule has 0 bridgehead atoms. The number of nitro benzene ring substituents is 1. The first-order valence-electron chi connectivity index (χ1n) is 6.37. The molecule has 8 heteroatoms. The highest BCUT2D eigenvalue weighted by Gasteiger charge is 2.28. The number of hydrogen-bond donors (Lipinski definition) is 0. The molecule has 1 aromatic rings. The summed E-state index contributed by atoms with van der Waals surface area (Å²) in [7, 11) is 1.63. The van der Waals surface area contributed by atoms with E-state index in [2.05, 4.69) is 0 Å². The summed E-state index contributed by atoms with van der Waals surface area (Å²) < 4.78 is 13.3. The third-order valence-electron chi connectivity index (χ3n) is 3.35. The van der Waals surface area contributed by atoms with Crippen molar-refractivity contribution in [2.45, 2.75) is 6.42 Å². The Hall–Kier alpha value is -2.51. The molecule has 112 valence electrons. The molecule has 0 atom stereocenters. The van der Waals surface area contributed by atoms with E-state index >= 15 is 0 Å². The second-order valence-electron chi connectivity index (χ2n) is 4.81. The zero-order valence-electron chi connectivity index (χ0n) is 11.4. The van der Waals surface area contributed by atoms with Crippen molar-refractivity contribution in [1.29, 1.82) is 0 Å². The van der Waals surface area contributed by atoms with E-state index in [0.29, 0.717) is 19.5 Å². The molecule has 0 radical (unpaired) electrons. The highest BCUT2D eigenvalue weighted by atomic mass is 19.1. The van der Waals surface area contributed by atoms with Crippen LogP contribution in [-0.4, -0.2) is 53.2 Å². The van der Waals surface area contributed by atoms with Gasteiger partial charge in [-0.15, -0.1) is 0 Å². The molecule has 1 aliphatic heterocycles. The van der Waals surface area contributed by atoms with Gasteiger partial charge in [0.2, 0.25) is 5.91 Å². The molecule has 1 saturated heterocycles. The van der Waals surface area contributed by atoms with E-state index < -0.39 is 22.3 Å². The maximum atomic E-state index is 13.3. The van der Waals surface area contributed by atoms with Gasteiger partial charge in [-0.1, -0.05) is 0 Å². The van der Waals surface area contributed by atoms with E-state index in [4.69, 9.17) is 0 Å². The second kappa shape index (κ2) is 5.86. The molecule has 2 amide bonds. The predicted octanol–water partition coefficient (Wildman–Crippen LogP) is 1.04. The smallest absolute Gasteiger partial charge is 0.282 e. The van der Waals surface area contributed by atoms with Crippen molar-refractivity contribution in [1.82, 2.24) is 9.80 Å². The standard InChI is InChI=1S/C13H14FN3O4/c1-15-5-2-6-16(8-12(15)18)13(19)10-7-9(14)3-4-11(10)17(20)21/h3-4,7H,2,5-6,8H2,1H3. The van der Waals surface area contributed by atoms with Crippen LogP contribution in [0.4, 0.5) is 10.1 Å². The van der Waals surface area contributed by atoms with Crippen molar-refractivity contribution >= 4 is 17.5 Å². The van der Waals surface area contributed by atoms with Crippen LogP contribution in [0, 0.1) is 15.9 Å². The fraction of sp³-hybridized carbons (Fsp3) is 0.385. The highest BCUT2D eigenvalue weighted by molar-refractivity contribution is 6.00. The van der Waals surface area contributed by atoms with Crippen molar-refractivity contribution in [2.24, 2.45) is 0 Å². The van der Waals surface area contributed by atoms with Gasteiger partial charge in [-0.2, -0.15) is 0 Å². The maximum Gasteiger partial charge on any atom is 0.282 e. The number of likely N-dealkylation sites (N-methyl/N-ethyl adjacent to an activating group) is 1. The average Bonchev–Trinajstić information content (AvgIpc) is 2.60. The lowest BCUT2D eigenvalue weighted by atomic mass is 10.1. The summed E-state index contributed by atoms with van der Waals surface area (Å²) in [6, 6.07) is 2.71. The number of rotatable bonds is 2. The van der Waals surface area contributed by atoms with Crippen LogP contribution in [0.2, 0.25) is 0 Å². The van der Waals surface area contributed by atoms with Crippen LogP contribution in [0.25, 0.3) is 0 Å². The lowest BCUT2D eigenvalue weighted by Crippen LogP contribution is -2.38. The van der Waals surface area contributed by atoms with Crippen LogP contribution in [0.3, 0.4) is 0 Å². The Kier molecular flexibility index (Phi) is 4.15. The SMILES string of the molecule is CN1CCCN(C(=O)c2cc(F)ccc2[N+](=O)[O-])CC1=O. The van der Waals surface area contributed by atoms with Gasteiger partial charge in [-0.3, -0.25) is 19.7 Å². The van der Waals surface area contributed by atoms with Crippen LogP contribution in [0.5, 0.6) is 0 Å². The first kappa shape index (κ1) is 14.9. The van der Waals surface area contributed by atoms with Crippen molar-refractivity contribution in [3.05, 3.63) is 39.7 Å². The van der Waals surface area contributed by atoms with Crippen molar-refractivity contribution in [3.8, 4) is 0 Å². The molecule has 1 fully saturated rings. The van der Waals surface area contributed by atoms with Crippen molar-refractivity contribution < 1.29 is 18.9 Å². The molecule has 0 saturated carbocycles. The zero-order chi connectivity index (χ0) is 15.6. The molecule has 7 nitrogen and oxygen atoms in total. The van der Waals surface area contributed by atoms with Gasteiger partial charge in [0.1, 0.15) is 17.9 Å². The largest absolute Gasteiger partial charge is 0.344 e. The van der Waals surface area contributed by atoms with Crippen molar-refractivity contribution in [3.63, 3.8) is 0 Å². The van der Waals surface area contributed by atoms with Crippen LogP contribution in [0.1, 0.15) is 16.8 Å². The monoisotopic (exact) mass is 295 g/mol. The van der Waals surface area contributed by atoms with E-state index in [-0.39, 0.29) is 18.0 Å². The highest BCUT2D eigenvalue weighted by Crippen LogP contribution is 2.22. The summed E-state index contributed by atoms with van der Waals surface area (Å²) in [5.41, 5.74) is -0.802. The van der Waals surface area contributed by atoms with Crippen LogP contribution in [-0.2, 0) is 4.79 Å². The molecule has 2 rings (SSSR count). The Balaban J connectivity index is 2.33. The van der Waals surface area contributed by atoms with Crippen LogP contribution < -0.4 is 0 Å². The van der Waals surface area contributed by atoms with Gasteiger partial charge in [0.15, 0.2) is 0 Å². The Morgan fingerprint density at radius 3 is 2.76 bits per heavy atom. The van der Waals surface area contributed by atoms with Gasteiger partial charge < -0.3 is 9.80 Å². The Morgan fingerprint density at radius 1 is 1.38 bits per heavy atom. The summed E-state index contributed by atoms with van der Waals surface area (Å²) >= 11 is 0. The number of nitrogens with zero attached hydrogens (tertiary/aromatic N) is 3. The Morgan fingerprint density at radius 2 is 2.10 bits per heavy atom. The molecule has 0 aliphatic carbocycles. The number of hydrogen-bond acceptors (Lipinski definition) is 4. The van der Waals surface area contributed by atoms with E-state index in [0.717, 1.165) is 18.2 Å². The van der Waals surface area contributed by atoms with Crippen LogP contribution in [0.15, 0.2) is 18.2 Å². The van der Waals surface area contributed by atoms with Gasteiger partial charge in [0.05, 0.1) is 4.92 Å². The molecular formula is C13H14FN3O4. The maximum absolute atomic E-state index is 13.3. The molecule has 0 N–H and O–H groups in total. The fourth-order valence-corrected chi connectivity index (χ4v) is 2.17. The van der Waals surface area contributed by atoms with Gasteiger partial charge in [-0.25, -0.2) is 4.39 Å². The second-order valence-corrected chi connectivity index (χ2v) is 4.81. The number of amides is 2. The topological polar surface area (TPSA) is 83.8 Å². The quantitative estimate of drug-likeness (QED) is 0.603. The number of halogens is 1. The van der Waals surface area contributed by atoms with E-state index in [1.807, 2.05) is 0 Å². The van der Waals surface area contributed by atoms with Gasteiger partial charge in [0.25, 0.3) is 11.6 Å². The summed E-state index contributed by atoms with van der Waals surface area (Å²) in [4.78, 5) is 37.0. The summed E-state index contributed by atoms with van der Waals surface area (Å²) in [6.45, 7) is 0.638. The third kappa shape index (κ3) is 3.15. The summed E-state index contributed by atoms with van der Waals surface area (Å²) in [5, 5.41) is 10.9. The molecule has 0 unspecified atom stereocenters. The number of carbonyl (C=O) groups is 2. The molecule has 0 aromatic heterocycles. The lowest BCUT2D eigenvalue weighted by molar-refractivity contribution is -0.385. The normalized spacial score (nSPS) is 15.8. The molecule has 1 heterocycles. The molecular weight excluding hydrogens is 281 g/mol. The molecule has 0 spiro atoms. The van der Waals surface area contributed by atoms with Crippen molar-refractivity contribution in [2.75, 3.05) is 26.7 Å². The van der Waals surface area contributed by atoms with Crippen LogP contribution >= 0.6 is 0 Å². The number of benzene rings is 1. The van der Waals surface area contributed by atoms with E-state index in [1.54, 1.807) is 7.05 Å². The average molecular weight is 295 g/mol. The minimum absolute atomic E-state index is 0.164. The van der Waals surface area contributed by atoms with Gasteiger partial charge >= 0.3 is 0 Å². The number of carbonyl (C=O) groups excluding carboxylic acids is 2. The molecule has 1 aromatic carbocycles. The number of nitro groups is 1. The summed E-state index contributed by atoms with van der Waals surface area (Å²) in [6.07, 6.45) is 0.567. The predicted molar refractivity (Wildman–Crippen MR) is 71.2 cm³/mol. The molecule has 21 heavy (non-hydrogen) atoms. The minimum atomic E-state index is -0.738. The third-order valence-corrected chi connectivity index (χ3v) is 3.35. The van der Waals surface area contributed by atoms with E-state index in [1.165, 1.54) is 9.80 Å². The van der Waals surface area contributed by atoms with Gasteiger partial charge in [-0.05, 0) is 18.6 Å². The van der Waals surface area contributed by atoms with E-state index in [9.17, 15) is 24.1 Å². The minimum Gasteiger partial charge on any atom is -0.344 e. The first-order chi connectivity index (χ1) is 9.90. The fourth-order valence-electron chi connectivity index (χ4n) is 2.17. The summed E-state index contributed by atoms with van der Waals surface area (Å²) in [5.74, 6) is -1.69. The lowest BCUT2D eigenvalue weighted by Gasteiger charge is -2.19. The molecule has 1 aliphatic rings. The first-order valence-corrected chi connectivity index (χ1v) is 6.37. The van der Waals surface area contributed by atoms with Gasteiger partial charge in [0, 0.05) is 26.2 Å². The zero-order valence-corrected chi connectivity index (χ0v) is 11.4. The Bertz CT molecular complexity index is 605.